The standard InChI is InChI=1S/C18H22N2O3/c1-13-7-5-6-10-20(13)17(21)12-23-18(22)15-11-19(2)16-9-4-3-8-14(15)16/h3-4,8-9,11,13H,5-7,10,12H2,1-2H3/t13-/m0/s1. The molecule has 0 aliphatic carbocycles. The number of hydrogen-bond donors (Lipinski definition) is 0. The van der Waals surface area contributed by atoms with E-state index in [1.54, 1.807) is 6.20 Å². The first-order valence-electron chi connectivity index (χ1n) is 8.08. The highest BCUT2D eigenvalue weighted by Crippen LogP contribution is 2.21. The Labute approximate surface area is 135 Å². The fraction of sp³-hybridized carbons (Fsp3) is 0.444. The first-order valence-corrected chi connectivity index (χ1v) is 8.08. The molecule has 1 saturated heterocycles. The highest BCUT2D eigenvalue weighted by atomic mass is 16.5. The summed E-state index contributed by atoms with van der Waals surface area (Å²) in [5.74, 6) is -0.550. The number of ether oxygens (including phenoxy) is 1. The summed E-state index contributed by atoms with van der Waals surface area (Å²) >= 11 is 0. The fourth-order valence-corrected chi connectivity index (χ4v) is 3.26. The van der Waals surface area contributed by atoms with Crippen molar-refractivity contribution in [3.63, 3.8) is 0 Å². The molecular weight excluding hydrogens is 292 g/mol. The number of para-hydroxylation sites is 1. The lowest BCUT2D eigenvalue weighted by Crippen LogP contribution is -2.44. The quantitative estimate of drug-likeness (QED) is 0.819. The molecule has 2 aromatic rings. The van der Waals surface area contributed by atoms with Crippen LogP contribution in [0.3, 0.4) is 0 Å². The van der Waals surface area contributed by atoms with Crippen LogP contribution in [-0.2, 0) is 16.6 Å². The maximum atomic E-state index is 12.3. The van der Waals surface area contributed by atoms with Crippen LogP contribution in [0.5, 0.6) is 0 Å². The molecule has 0 spiro atoms. The van der Waals surface area contributed by atoms with Gasteiger partial charge in [0, 0.05) is 36.7 Å². The van der Waals surface area contributed by atoms with Gasteiger partial charge in [0.25, 0.3) is 5.91 Å². The van der Waals surface area contributed by atoms with Gasteiger partial charge in [-0.1, -0.05) is 18.2 Å². The van der Waals surface area contributed by atoms with E-state index in [0.717, 1.165) is 36.7 Å². The Bertz CT molecular complexity index is 735. The predicted molar refractivity (Wildman–Crippen MR) is 88.2 cm³/mol. The van der Waals surface area contributed by atoms with Crippen molar-refractivity contribution in [2.24, 2.45) is 7.05 Å². The Morgan fingerprint density at radius 1 is 1.26 bits per heavy atom. The number of carbonyl (C=O) groups excluding carboxylic acids is 2. The monoisotopic (exact) mass is 314 g/mol. The Balaban J connectivity index is 1.68. The molecular formula is C18H22N2O3. The van der Waals surface area contributed by atoms with Crippen LogP contribution in [0.1, 0.15) is 36.5 Å². The SMILES string of the molecule is C[C@H]1CCCCN1C(=O)COC(=O)c1cn(C)c2ccccc12. The Morgan fingerprint density at radius 3 is 2.83 bits per heavy atom. The number of nitrogens with zero attached hydrogens (tertiary/aromatic N) is 2. The van der Waals surface area contributed by atoms with Gasteiger partial charge in [-0.15, -0.1) is 0 Å². The van der Waals surface area contributed by atoms with E-state index in [2.05, 4.69) is 0 Å². The predicted octanol–water partition coefficient (Wildman–Crippen LogP) is 2.74. The molecule has 0 bridgehead atoms. The van der Waals surface area contributed by atoms with Gasteiger partial charge >= 0.3 is 5.97 Å². The van der Waals surface area contributed by atoms with E-state index >= 15 is 0 Å². The van der Waals surface area contributed by atoms with Crippen LogP contribution in [0.4, 0.5) is 0 Å². The molecule has 1 aromatic carbocycles. The zero-order valence-electron chi connectivity index (χ0n) is 13.6. The van der Waals surface area contributed by atoms with Gasteiger partial charge in [-0.25, -0.2) is 4.79 Å². The van der Waals surface area contributed by atoms with E-state index in [-0.39, 0.29) is 18.6 Å². The summed E-state index contributed by atoms with van der Waals surface area (Å²) in [4.78, 5) is 26.4. The first-order chi connectivity index (χ1) is 11.1. The molecule has 1 fully saturated rings. The van der Waals surface area contributed by atoms with Crippen LogP contribution in [-0.4, -0.2) is 40.5 Å². The van der Waals surface area contributed by atoms with E-state index < -0.39 is 5.97 Å². The lowest BCUT2D eigenvalue weighted by Gasteiger charge is -2.33. The lowest BCUT2D eigenvalue weighted by atomic mass is 10.0. The summed E-state index contributed by atoms with van der Waals surface area (Å²) in [5.41, 5.74) is 1.47. The number of aromatic nitrogens is 1. The van der Waals surface area contributed by atoms with Crippen LogP contribution in [0.2, 0.25) is 0 Å². The zero-order valence-corrected chi connectivity index (χ0v) is 13.6. The number of carbonyl (C=O) groups is 2. The van der Waals surface area contributed by atoms with Gasteiger partial charge in [0.1, 0.15) is 0 Å². The van der Waals surface area contributed by atoms with Crippen molar-refractivity contribution in [1.82, 2.24) is 9.47 Å². The average Bonchev–Trinajstić information content (AvgIpc) is 2.90. The van der Waals surface area contributed by atoms with Crippen LogP contribution in [0.25, 0.3) is 10.9 Å². The van der Waals surface area contributed by atoms with Gasteiger partial charge in [0.2, 0.25) is 0 Å². The summed E-state index contributed by atoms with van der Waals surface area (Å²) in [5, 5.41) is 0.846. The number of rotatable bonds is 3. The van der Waals surface area contributed by atoms with E-state index in [0.29, 0.717) is 5.56 Å². The van der Waals surface area contributed by atoms with Crippen molar-refractivity contribution in [3.05, 3.63) is 36.0 Å². The number of benzene rings is 1. The molecule has 5 heteroatoms. The topological polar surface area (TPSA) is 51.5 Å². The van der Waals surface area contributed by atoms with Crippen LogP contribution in [0, 0.1) is 0 Å². The van der Waals surface area contributed by atoms with Crippen molar-refractivity contribution >= 4 is 22.8 Å². The molecule has 2 heterocycles. The van der Waals surface area contributed by atoms with Crippen molar-refractivity contribution in [2.75, 3.05) is 13.2 Å². The third kappa shape index (κ3) is 3.09. The van der Waals surface area contributed by atoms with Crippen molar-refractivity contribution in [1.29, 1.82) is 0 Å². The van der Waals surface area contributed by atoms with Gasteiger partial charge in [0.15, 0.2) is 6.61 Å². The number of amides is 1. The molecule has 0 N–H and O–H groups in total. The normalized spacial score (nSPS) is 18.2. The van der Waals surface area contributed by atoms with Crippen LogP contribution in [0.15, 0.2) is 30.5 Å². The third-order valence-electron chi connectivity index (χ3n) is 4.57. The zero-order chi connectivity index (χ0) is 16.4. The number of esters is 1. The van der Waals surface area contributed by atoms with E-state index in [1.165, 1.54) is 0 Å². The number of likely N-dealkylation sites (tertiary alicyclic amines) is 1. The van der Waals surface area contributed by atoms with Crippen LogP contribution >= 0.6 is 0 Å². The molecule has 122 valence electrons. The number of hydrogen-bond acceptors (Lipinski definition) is 3. The molecule has 5 nitrogen and oxygen atoms in total. The molecule has 0 radical (unpaired) electrons. The Hall–Kier alpha value is -2.30. The Morgan fingerprint density at radius 2 is 2.04 bits per heavy atom. The molecule has 23 heavy (non-hydrogen) atoms. The molecule has 1 amide bonds. The summed E-state index contributed by atoms with van der Waals surface area (Å²) in [6.45, 7) is 2.61. The highest BCUT2D eigenvalue weighted by molar-refractivity contribution is 6.04. The highest BCUT2D eigenvalue weighted by Gasteiger charge is 2.24. The molecule has 1 atom stereocenters. The smallest absolute Gasteiger partial charge is 0.340 e. The minimum atomic E-state index is -0.445. The van der Waals surface area contributed by atoms with Crippen molar-refractivity contribution in [3.8, 4) is 0 Å². The summed E-state index contributed by atoms with van der Waals surface area (Å²) in [6.07, 6.45) is 4.94. The van der Waals surface area contributed by atoms with E-state index in [4.69, 9.17) is 4.74 Å². The largest absolute Gasteiger partial charge is 0.452 e. The molecule has 1 aliphatic heterocycles. The van der Waals surface area contributed by atoms with Crippen LogP contribution < -0.4 is 0 Å². The van der Waals surface area contributed by atoms with Gasteiger partial charge in [-0.05, 0) is 32.3 Å². The number of piperidine rings is 1. The van der Waals surface area contributed by atoms with E-state index in [9.17, 15) is 9.59 Å². The molecule has 0 unspecified atom stereocenters. The second kappa shape index (κ2) is 6.44. The molecule has 1 aromatic heterocycles. The maximum absolute atomic E-state index is 12.3. The second-order valence-electron chi connectivity index (χ2n) is 6.18. The average molecular weight is 314 g/mol. The minimum absolute atomic E-state index is 0.106. The lowest BCUT2D eigenvalue weighted by molar-refractivity contribution is -0.137. The second-order valence-corrected chi connectivity index (χ2v) is 6.18. The van der Waals surface area contributed by atoms with Crippen molar-refractivity contribution in [2.45, 2.75) is 32.2 Å². The summed E-state index contributed by atoms with van der Waals surface area (Å²) in [7, 11) is 1.89. The fourth-order valence-electron chi connectivity index (χ4n) is 3.26. The van der Waals surface area contributed by atoms with Crippen molar-refractivity contribution < 1.29 is 14.3 Å². The minimum Gasteiger partial charge on any atom is -0.452 e. The number of fused-ring (bicyclic) bond motifs is 1. The van der Waals surface area contributed by atoms with Gasteiger partial charge in [0.05, 0.1) is 5.56 Å². The maximum Gasteiger partial charge on any atom is 0.340 e. The van der Waals surface area contributed by atoms with Gasteiger partial charge < -0.3 is 14.2 Å². The third-order valence-corrected chi connectivity index (χ3v) is 4.57. The summed E-state index contributed by atoms with van der Waals surface area (Å²) < 4.78 is 7.16. The first kappa shape index (κ1) is 15.6. The summed E-state index contributed by atoms with van der Waals surface area (Å²) in [6, 6.07) is 7.89. The number of aryl methyl sites for hydroxylation is 1. The van der Waals surface area contributed by atoms with Gasteiger partial charge in [-0.3, -0.25) is 4.79 Å². The molecule has 1 aliphatic rings. The Kier molecular flexibility index (Phi) is 4.37. The van der Waals surface area contributed by atoms with Gasteiger partial charge in [-0.2, -0.15) is 0 Å². The molecule has 3 rings (SSSR count). The van der Waals surface area contributed by atoms with E-state index in [1.807, 2.05) is 47.7 Å². The molecule has 0 saturated carbocycles.